The summed E-state index contributed by atoms with van der Waals surface area (Å²) in [4.78, 5) is 30.1. The highest BCUT2D eigenvalue weighted by molar-refractivity contribution is 6.34. The molecule has 0 saturated carbocycles. The Morgan fingerprint density at radius 2 is 2.05 bits per heavy atom. The third-order valence-corrected chi connectivity index (χ3v) is 2.56. The van der Waals surface area contributed by atoms with Crippen LogP contribution in [0, 0.1) is 0 Å². The van der Waals surface area contributed by atoms with Crippen molar-refractivity contribution in [1.29, 1.82) is 0 Å². The highest BCUT2D eigenvalue weighted by atomic mass is 35.5. The van der Waals surface area contributed by atoms with Crippen molar-refractivity contribution in [2.75, 3.05) is 5.32 Å². The summed E-state index contributed by atoms with van der Waals surface area (Å²) in [5, 5.41) is 11.6. The predicted molar refractivity (Wildman–Crippen MR) is 68.4 cm³/mol. The fraction of sp³-hybridized carbons (Fsp3) is 0. The molecule has 0 atom stereocenters. The number of aromatic nitrogens is 2. The van der Waals surface area contributed by atoms with Crippen LogP contribution in [-0.4, -0.2) is 27.0 Å². The molecule has 2 aromatic rings. The minimum Gasteiger partial charge on any atom is -0.477 e. The van der Waals surface area contributed by atoms with Gasteiger partial charge in [0, 0.05) is 24.3 Å². The molecule has 1 amide bonds. The number of aromatic carboxylic acids is 1. The quantitative estimate of drug-likeness (QED) is 0.896. The zero-order valence-corrected chi connectivity index (χ0v) is 10.3. The van der Waals surface area contributed by atoms with E-state index in [0.717, 1.165) is 0 Å². The number of rotatable bonds is 3. The average Bonchev–Trinajstić information content (AvgIpc) is 2.39. The molecule has 2 aromatic heterocycles. The van der Waals surface area contributed by atoms with Crippen molar-refractivity contribution in [2.24, 2.45) is 0 Å². The fourth-order valence-corrected chi connectivity index (χ4v) is 1.59. The van der Waals surface area contributed by atoms with Gasteiger partial charge in [-0.3, -0.25) is 9.78 Å². The molecule has 0 aliphatic heterocycles. The van der Waals surface area contributed by atoms with Crippen molar-refractivity contribution in [3.05, 3.63) is 53.1 Å². The first-order valence-corrected chi connectivity index (χ1v) is 5.56. The average molecular weight is 278 g/mol. The largest absolute Gasteiger partial charge is 0.477 e. The van der Waals surface area contributed by atoms with E-state index in [1.807, 2.05) is 0 Å². The van der Waals surface area contributed by atoms with E-state index in [0.29, 0.717) is 5.69 Å². The zero-order valence-electron chi connectivity index (χ0n) is 9.50. The summed E-state index contributed by atoms with van der Waals surface area (Å²) in [5.74, 6) is -1.62. The molecule has 0 radical (unpaired) electrons. The minimum atomic E-state index is -1.17. The minimum absolute atomic E-state index is 0.154. The summed E-state index contributed by atoms with van der Waals surface area (Å²) in [5.41, 5.74) is 0.425. The van der Waals surface area contributed by atoms with Crippen molar-refractivity contribution < 1.29 is 14.7 Å². The molecule has 2 heterocycles. The monoisotopic (exact) mass is 277 g/mol. The van der Waals surface area contributed by atoms with Gasteiger partial charge in [0.2, 0.25) is 0 Å². The first kappa shape index (κ1) is 13.0. The molecular formula is C12H8ClN3O3. The molecular weight excluding hydrogens is 270 g/mol. The molecule has 0 aliphatic rings. The predicted octanol–water partition coefficient (Wildman–Crippen LogP) is 2.08. The molecule has 6 nitrogen and oxygen atoms in total. The van der Waals surface area contributed by atoms with Crippen LogP contribution in [0.3, 0.4) is 0 Å². The maximum absolute atomic E-state index is 11.9. The van der Waals surface area contributed by atoms with Crippen molar-refractivity contribution in [3.8, 4) is 0 Å². The van der Waals surface area contributed by atoms with Crippen molar-refractivity contribution >= 4 is 29.2 Å². The Kier molecular flexibility index (Phi) is 3.72. The molecule has 7 heteroatoms. The lowest BCUT2D eigenvalue weighted by atomic mass is 10.2. The van der Waals surface area contributed by atoms with Crippen LogP contribution in [-0.2, 0) is 0 Å². The number of carbonyl (C=O) groups excluding carboxylic acids is 1. The fourth-order valence-electron chi connectivity index (χ4n) is 1.38. The Balaban J connectivity index is 2.22. The first-order chi connectivity index (χ1) is 9.08. The molecule has 2 N–H and O–H groups in total. The molecule has 0 saturated heterocycles. The van der Waals surface area contributed by atoms with Gasteiger partial charge in [-0.25, -0.2) is 9.78 Å². The second kappa shape index (κ2) is 5.45. The number of carboxylic acids is 1. The lowest BCUT2D eigenvalue weighted by molar-refractivity contribution is 0.0690. The second-order valence-corrected chi connectivity index (χ2v) is 3.95. The van der Waals surface area contributed by atoms with Gasteiger partial charge in [-0.1, -0.05) is 11.6 Å². The van der Waals surface area contributed by atoms with Gasteiger partial charge >= 0.3 is 5.97 Å². The smallest absolute Gasteiger partial charge is 0.354 e. The third kappa shape index (κ3) is 3.05. The van der Waals surface area contributed by atoms with E-state index in [9.17, 15) is 9.59 Å². The number of nitrogens with one attached hydrogen (secondary N) is 1. The lowest BCUT2D eigenvalue weighted by Crippen LogP contribution is -2.13. The standard InChI is InChI=1S/C12H8ClN3O3/c13-9-6-14-3-2-8(9)11(17)16-7-1-4-15-10(5-7)12(18)19/h1-6H,(H,18,19)(H,15,16,17). The summed E-state index contributed by atoms with van der Waals surface area (Å²) in [6, 6.07) is 4.21. The number of nitrogens with zero attached hydrogens (tertiary/aromatic N) is 2. The molecule has 0 aromatic carbocycles. The second-order valence-electron chi connectivity index (χ2n) is 3.54. The van der Waals surface area contributed by atoms with E-state index in [1.54, 1.807) is 0 Å². The first-order valence-electron chi connectivity index (χ1n) is 5.18. The Hall–Kier alpha value is -2.47. The topological polar surface area (TPSA) is 92.2 Å². The Morgan fingerprint density at radius 3 is 2.74 bits per heavy atom. The zero-order chi connectivity index (χ0) is 13.8. The van der Waals surface area contributed by atoms with E-state index < -0.39 is 11.9 Å². The third-order valence-electron chi connectivity index (χ3n) is 2.25. The van der Waals surface area contributed by atoms with E-state index in [-0.39, 0.29) is 16.3 Å². The van der Waals surface area contributed by atoms with Crippen LogP contribution in [0.25, 0.3) is 0 Å². The van der Waals surface area contributed by atoms with Crippen LogP contribution in [0.2, 0.25) is 5.02 Å². The van der Waals surface area contributed by atoms with Gasteiger partial charge in [-0.2, -0.15) is 0 Å². The highest BCUT2D eigenvalue weighted by Gasteiger charge is 2.11. The molecule has 0 bridgehead atoms. The summed E-state index contributed by atoms with van der Waals surface area (Å²) in [6.07, 6.45) is 4.09. The maximum atomic E-state index is 11.9. The number of pyridine rings is 2. The molecule has 2 rings (SSSR count). The van der Waals surface area contributed by atoms with E-state index in [1.165, 1.54) is 36.8 Å². The van der Waals surface area contributed by atoms with Crippen molar-refractivity contribution in [1.82, 2.24) is 9.97 Å². The van der Waals surface area contributed by atoms with Crippen LogP contribution < -0.4 is 5.32 Å². The van der Waals surface area contributed by atoms with E-state index >= 15 is 0 Å². The summed E-state index contributed by atoms with van der Waals surface area (Å²) in [6.45, 7) is 0. The lowest BCUT2D eigenvalue weighted by Gasteiger charge is -2.06. The van der Waals surface area contributed by atoms with Crippen molar-refractivity contribution in [2.45, 2.75) is 0 Å². The van der Waals surface area contributed by atoms with Gasteiger partial charge in [-0.05, 0) is 18.2 Å². The van der Waals surface area contributed by atoms with Crippen LogP contribution in [0.15, 0.2) is 36.8 Å². The highest BCUT2D eigenvalue weighted by Crippen LogP contribution is 2.16. The number of hydrogen-bond donors (Lipinski definition) is 2. The number of amides is 1. The SMILES string of the molecule is O=C(O)c1cc(NC(=O)c2ccncc2Cl)ccn1. The van der Waals surface area contributed by atoms with Crippen LogP contribution in [0.4, 0.5) is 5.69 Å². The number of anilines is 1. The van der Waals surface area contributed by atoms with Crippen LogP contribution in [0.5, 0.6) is 0 Å². The number of hydrogen-bond acceptors (Lipinski definition) is 4. The molecule has 0 aliphatic carbocycles. The van der Waals surface area contributed by atoms with E-state index in [2.05, 4.69) is 15.3 Å². The van der Waals surface area contributed by atoms with Crippen LogP contribution in [0.1, 0.15) is 20.8 Å². The van der Waals surface area contributed by atoms with Gasteiger partial charge < -0.3 is 10.4 Å². The number of halogens is 1. The van der Waals surface area contributed by atoms with E-state index in [4.69, 9.17) is 16.7 Å². The van der Waals surface area contributed by atoms with Gasteiger partial charge in [0.15, 0.2) is 0 Å². The normalized spacial score (nSPS) is 9.95. The molecule has 0 spiro atoms. The van der Waals surface area contributed by atoms with Crippen molar-refractivity contribution in [3.63, 3.8) is 0 Å². The Labute approximate surface area is 113 Å². The number of carboxylic acid groups (broad SMARTS) is 1. The summed E-state index contributed by atoms with van der Waals surface area (Å²) >= 11 is 5.84. The van der Waals surface area contributed by atoms with Gasteiger partial charge in [0.25, 0.3) is 5.91 Å². The van der Waals surface area contributed by atoms with Gasteiger partial charge in [-0.15, -0.1) is 0 Å². The molecule has 0 fully saturated rings. The number of carbonyl (C=O) groups is 2. The Bertz CT molecular complexity index is 646. The molecule has 0 unspecified atom stereocenters. The van der Waals surface area contributed by atoms with Gasteiger partial charge in [0.1, 0.15) is 5.69 Å². The Morgan fingerprint density at radius 1 is 1.26 bits per heavy atom. The van der Waals surface area contributed by atoms with Crippen LogP contribution >= 0.6 is 11.6 Å². The van der Waals surface area contributed by atoms with Gasteiger partial charge in [0.05, 0.1) is 10.6 Å². The summed E-state index contributed by atoms with van der Waals surface area (Å²) < 4.78 is 0. The molecule has 96 valence electrons. The summed E-state index contributed by atoms with van der Waals surface area (Å²) in [7, 11) is 0. The molecule has 19 heavy (non-hydrogen) atoms. The maximum Gasteiger partial charge on any atom is 0.354 e.